The van der Waals surface area contributed by atoms with Crippen LogP contribution in [-0.2, 0) is 14.9 Å². The van der Waals surface area contributed by atoms with Crippen molar-refractivity contribution in [1.29, 1.82) is 0 Å². The lowest BCUT2D eigenvalue weighted by molar-refractivity contribution is -0.141. The second-order valence-corrected chi connectivity index (χ2v) is 6.21. The van der Waals surface area contributed by atoms with Crippen LogP contribution in [0.25, 0.3) is 0 Å². The summed E-state index contributed by atoms with van der Waals surface area (Å²) in [5.41, 5.74) is 1.03. The summed E-state index contributed by atoms with van der Waals surface area (Å²) in [4.78, 5) is 11.0. The van der Waals surface area contributed by atoms with Gasteiger partial charge in [0.2, 0.25) is 0 Å². The van der Waals surface area contributed by atoms with Gasteiger partial charge in [-0.1, -0.05) is 32.1 Å². The predicted octanol–water partition coefficient (Wildman–Crippen LogP) is 4.52. The van der Waals surface area contributed by atoms with Crippen LogP contribution in [0.2, 0.25) is 0 Å². The van der Waals surface area contributed by atoms with Crippen LogP contribution in [0.15, 0.2) is 30.4 Å². The van der Waals surface area contributed by atoms with Crippen molar-refractivity contribution in [1.82, 2.24) is 0 Å². The first-order chi connectivity index (χ1) is 11.4. The number of allylic oxidation sites excluding steroid dienone is 2. The smallest absolute Gasteiger partial charge is 0.302 e. The number of benzene rings is 1. The van der Waals surface area contributed by atoms with Crippen LogP contribution in [0.4, 0.5) is 0 Å². The van der Waals surface area contributed by atoms with Crippen molar-refractivity contribution >= 4 is 5.97 Å². The summed E-state index contributed by atoms with van der Waals surface area (Å²) >= 11 is 0. The van der Waals surface area contributed by atoms with Crippen molar-refractivity contribution in [2.45, 2.75) is 46.0 Å². The molecule has 0 fully saturated rings. The summed E-state index contributed by atoms with van der Waals surface area (Å²) in [5.74, 6) is 1.59. The number of hydrogen-bond acceptors (Lipinski definition) is 4. The Morgan fingerprint density at radius 2 is 1.88 bits per heavy atom. The fraction of sp³-hybridized carbons (Fsp3) is 0.550. The Hall–Kier alpha value is -1.97. The average molecular weight is 334 g/mol. The van der Waals surface area contributed by atoms with E-state index in [9.17, 15) is 4.79 Å². The van der Waals surface area contributed by atoms with Gasteiger partial charge in [-0.2, -0.15) is 0 Å². The Morgan fingerprint density at radius 3 is 2.38 bits per heavy atom. The molecule has 0 radical (unpaired) electrons. The van der Waals surface area contributed by atoms with E-state index in [4.69, 9.17) is 14.2 Å². The van der Waals surface area contributed by atoms with Gasteiger partial charge in [0.15, 0.2) is 11.5 Å². The van der Waals surface area contributed by atoms with E-state index >= 15 is 0 Å². The van der Waals surface area contributed by atoms with Crippen molar-refractivity contribution in [3.8, 4) is 11.5 Å². The van der Waals surface area contributed by atoms with Gasteiger partial charge in [-0.25, -0.2) is 0 Å². The zero-order chi connectivity index (χ0) is 18.2. The average Bonchev–Trinajstić information content (AvgIpc) is 2.56. The highest BCUT2D eigenvalue weighted by Crippen LogP contribution is 2.42. The van der Waals surface area contributed by atoms with Gasteiger partial charge in [-0.15, -0.1) is 0 Å². The van der Waals surface area contributed by atoms with E-state index in [0.29, 0.717) is 12.5 Å². The molecule has 1 aromatic rings. The van der Waals surface area contributed by atoms with E-state index in [1.807, 2.05) is 19.1 Å². The Balaban J connectivity index is 3.19. The molecule has 1 aromatic carbocycles. The van der Waals surface area contributed by atoms with Crippen LogP contribution < -0.4 is 9.47 Å². The molecule has 0 aromatic heterocycles. The van der Waals surface area contributed by atoms with E-state index in [1.54, 1.807) is 14.2 Å². The first-order valence-corrected chi connectivity index (χ1v) is 8.41. The number of esters is 1. The third-order valence-corrected chi connectivity index (χ3v) is 4.46. The molecular weight excluding hydrogens is 304 g/mol. The van der Waals surface area contributed by atoms with Crippen molar-refractivity contribution < 1.29 is 19.0 Å². The van der Waals surface area contributed by atoms with Crippen LogP contribution in [0.3, 0.4) is 0 Å². The van der Waals surface area contributed by atoms with E-state index < -0.39 is 0 Å². The van der Waals surface area contributed by atoms with Crippen LogP contribution in [-0.4, -0.2) is 26.8 Å². The first-order valence-electron chi connectivity index (χ1n) is 8.41. The number of hydrogen-bond donors (Lipinski definition) is 0. The SMILES string of the molecule is C/C=C/[C@](CCCOC(C)=O)(c1ccc(OC)c(OC)c1)C(C)C. The van der Waals surface area contributed by atoms with Gasteiger partial charge in [0.05, 0.1) is 20.8 Å². The normalized spacial score (nSPS) is 13.8. The third kappa shape index (κ3) is 4.76. The molecule has 134 valence electrons. The van der Waals surface area contributed by atoms with Gasteiger partial charge in [0, 0.05) is 12.3 Å². The standard InChI is InChI=1S/C20H30O4/c1-7-11-20(15(2)3,12-8-13-24-16(4)21)17-9-10-18(22-5)19(14-17)23-6/h7,9-11,14-15H,8,12-13H2,1-6H3/b11-7+/t20-/m1/s1. The lowest BCUT2D eigenvalue weighted by atomic mass is 9.68. The minimum Gasteiger partial charge on any atom is -0.493 e. The molecule has 0 aliphatic rings. The number of carbonyl (C=O) groups is 1. The van der Waals surface area contributed by atoms with Crippen molar-refractivity contribution in [3.05, 3.63) is 35.9 Å². The topological polar surface area (TPSA) is 44.8 Å². The van der Waals surface area contributed by atoms with Gasteiger partial charge in [0.25, 0.3) is 0 Å². The zero-order valence-corrected chi connectivity index (χ0v) is 15.7. The molecule has 0 unspecified atom stereocenters. The molecule has 0 aliphatic carbocycles. The number of ether oxygens (including phenoxy) is 3. The minimum absolute atomic E-state index is 0.144. The third-order valence-electron chi connectivity index (χ3n) is 4.46. The summed E-state index contributed by atoms with van der Waals surface area (Å²) in [6, 6.07) is 6.08. The Kier molecular flexibility index (Phi) is 7.83. The summed E-state index contributed by atoms with van der Waals surface area (Å²) in [5, 5.41) is 0. The first kappa shape index (κ1) is 20.1. The minimum atomic E-state index is -0.234. The van der Waals surface area contributed by atoms with Crippen LogP contribution in [0, 0.1) is 5.92 Å². The van der Waals surface area contributed by atoms with Crippen LogP contribution >= 0.6 is 0 Å². The molecule has 0 bridgehead atoms. The predicted molar refractivity (Wildman–Crippen MR) is 96.7 cm³/mol. The number of carbonyl (C=O) groups excluding carboxylic acids is 1. The second kappa shape index (κ2) is 9.36. The maximum absolute atomic E-state index is 11.0. The zero-order valence-electron chi connectivity index (χ0n) is 15.7. The lowest BCUT2D eigenvalue weighted by Gasteiger charge is -2.36. The van der Waals surface area contributed by atoms with E-state index in [1.165, 1.54) is 12.5 Å². The molecule has 1 atom stereocenters. The molecule has 0 heterocycles. The fourth-order valence-corrected chi connectivity index (χ4v) is 3.14. The van der Waals surface area contributed by atoms with Gasteiger partial charge in [-0.3, -0.25) is 4.79 Å². The van der Waals surface area contributed by atoms with E-state index in [2.05, 4.69) is 32.1 Å². The Morgan fingerprint density at radius 1 is 1.21 bits per heavy atom. The Bertz CT molecular complexity index is 563. The monoisotopic (exact) mass is 334 g/mol. The maximum Gasteiger partial charge on any atom is 0.302 e. The molecule has 4 heteroatoms. The molecule has 4 nitrogen and oxygen atoms in total. The van der Waals surface area contributed by atoms with Gasteiger partial charge in [-0.05, 0) is 43.4 Å². The van der Waals surface area contributed by atoms with Gasteiger partial charge < -0.3 is 14.2 Å². The summed E-state index contributed by atoms with van der Waals surface area (Å²) in [6.45, 7) is 8.33. The molecule has 0 aliphatic heterocycles. The second-order valence-electron chi connectivity index (χ2n) is 6.21. The quantitative estimate of drug-likeness (QED) is 0.378. The molecule has 24 heavy (non-hydrogen) atoms. The maximum atomic E-state index is 11.0. The highest BCUT2D eigenvalue weighted by Gasteiger charge is 2.33. The van der Waals surface area contributed by atoms with E-state index in [0.717, 1.165) is 24.3 Å². The van der Waals surface area contributed by atoms with E-state index in [-0.39, 0.29) is 11.4 Å². The van der Waals surface area contributed by atoms with Gasteiger partial charge in [0.1, 0.15) is 0 Å². The summed E-state index contributed by atoms with van der Waals surface area (Å²) in [7, 11) is 3.29. The van der Waals surface area contributed by atoms with Crippen molar-refractivity contribution in [2.24, 2.45) is 5.92 Å². The summed E-state index contributed by atoms with van der Waals surface area (Å²) in [6.07, 6.45) is 6.02. The molecule has 0 N–H and O–H groups in total. The van der Waals surface area contributed by atoms with Crippen molar-refractivity contribution in [3.63, 3.8) is 0 Å². The number of rotatable bonds is 9. The molecule has 1 rings (SSSR count). The Labute approximate surface area is 145 Å². The van der Waals surface area contributed by atoms with Crippen LogP contribution in [0.5, 0.6) is 11.5 Å². The molecule has 0 amide bonds. The van der Waals surface area contributed by atoms with Gasteiger partial charge >= 0.3 is 5.97 Å². The fourth-order valence-electron chi connectivity index (χ4n) is 3.14. The lowest BCUT2D eigenvalue weighted by Crippen LogP contribution is -2.31. The molecule has 0 spiro atoms. The summed E-state index contributed by atoms with van der Waals surface area (Å²) < 4.78 is 15.9. The number of methoxy groups -OCH3 is 2. The molecule has 0 saturated carbocycles. The largest absolute Gasteiger partial charge is 0.493 e. The molecular formula is C20H30O4. The van der Waals surface area contributed by atoms with Crippen LogP contribution in [0.1, 0.15) is 46.1 Å². The molecule has 0 saturated heterocycles. The highest BCUT2D eigenvalue weighted by atomic mass is 16.5. The highest BCUT2D eigenvalue weighted by molar-refractivity contribution is 5.65. The van der Waals surface area contributed by atoms with Crippen molar-refractivity contribution in [2.75, 3.05) is 20.8 Å².